The van der Waals surface area contributed by atoms with Crippen LogP contribution in [0.25, 0.3) is 10.4 Å². The van der Waals surface area contributed by atoms with Crippen molar-refractivity contribution in [3.63, 3.8) is 0 Å². The number of amides is 1. The Labute approximate surface area is 115 Å². The lowest BCUT2D eigenvalue weighted by atomic mass is 9.71. The third kappa shape index (κ3) is 7.57. The molecule has 0 aromatic rings. The van der Waals surface area contributed by atoms with Crippen molar-refractivity contribution in [1.29, 1.82) is 0 Å². The van der Waals surface area contributed by atoms with Crippen LogP contribution in [0, 0.1) is 16.7 Å². The molecule has 0 heterocycles. The molecule has 110 valence electrons. The van der Waals surface area contributed by atoms with Crippen LogP contribution < -0.4 is 5.32 Å². The Morgan fingerprint density at radius 3 is 2.21 bits per heavy atom. The summed E-state index contributed by atoms with van der Waals surface area (Å²) in [6, 6.07) is 0. The van der Waals surface area contributed by atoms with E-state index in [2.05, 4.69) is 36.3 Å². The van der Waals surface area contributed by atoms with Gasteiger partial charge in [-0.15, -0.1) is 0 Å². The Bertz CT molecular complexity index is 349. The standard InChI is InChI=1S/C13H26N4O2/c1-9(19-17-16-14)15-11(18)10(13(5,6)7)8-12(2,3)4/h9-10H,8H2,1-7H3,(H,15,18). The van der Waals surface area contributed by atoms with E-state index in [4.69, 9.17) is 10.4 Å². The minimum absolute atomic E-state index is 0.0597. The van der Waals surface area contributed by atoms with E-state index in [1.165, 1.54) is 0 Å². The van der Waals surface area contributed by atoms with Crippen LogP contribution in [0.2, 0.25) is 0 Å². The Kier molecular flexibility index (Phi) is 6.16. The first-order valence-corrected chi connectivity index (χ1v) is 6.48. The van der Waals surface area contributed by atoms with Crippen molar-refractivity contribution in [2.24, 2.45) is 22.0 Å². The van der Waals surface area contributed by atoms with E-state index in [0.29, 0.717) is 0 Å². The normalized spacial score (nSPS) is 15.1. The molecule has 19 heavy (non-hydrogen) atoms. The van der Waals surface area contributed by atoms with Crippen LogP contribution in [0.1, 0.15) is 54.9 Å². The van der Waals surface area contributed by atoms with Crippen molar-refractivity contribution in [3.05, 3.63) is 10.4 Å². The zero-order valence-corrected chi connectivity index (χ0v) is 13.0. The predicted molar refractivity (Wildman–Crippen MR) is 74.9 cm³/mol. The van der Waals surface area contributed by atoms with Gasteiger partial charge in [-0.2, -0.15) is 0 Å². The summed E-state index contributed by atoms with van der Waals surface area (Å²) in [7, 11) is 0. The first-order valence-electron chi connectivity index (χ1n) is 6.48. The van der Waals surface area contributed by atoms with Crippen molar-refractivity contribution < 1.29 is 9.63 Å². The molecule has 0 aliphatic carbocycles. The lowest BCUT2D eigenvalue weighted by Crippen LogP contribution is -2.43. The number of hydrogen-bond donors (Lipinski definition) is 1. The highest BCUT2D eigenvalue weighted by molar-refractivity contribution is 5.79. The minimum Gasteiger partial charge on any atom is -0.409 e. The van der Waals surface area contributed by atoms with E-state index in [1.54, 1.807) is 6.92 Å². The number of nitrogens with one attached hydrogen (secondary N) is 1. The fourth-order valence-corrected chi connectivity index (χ4v) is 1.82. The van der Waals surface area contributed by atoms with Crippen molar-refractivity contribution in [3.8, 4) is 0 Å². The number of rotatable bonds is 5. The first kappa shape index (κ1) is 17.6. The Balaban J connectivity index is 4.78. The zero-order valence-electron chi connectivity index (χ0n) is 13.0. The molecule has 0 saturated heterocycles. The quantitative estimate of drug-likeness (QED) is 0.271. The number of hydrogen-bond acceptors (Lipinski definition) is 3. The average molecular weight is 270 g/mol. The van der Waals surface area contributed by atoms with Gasteiger partial charge in [-0.3, -0.25) is 4.79 Å². The maximum absolute atomic E-state index is 12.3. The van der Waals surface area contributed by atoms with Crippen LogP contribution in [0.15, 0.2) is 5.28 Å². The van der Waals surface area contributed by atoms with Gasteiger partial charge in [0.15, 0.2) is 6.23 Å². The lowest BCUT2D eigenvalue weighted by molar-refractivity contribution is -0.133. The van der Waals surface area contributed by atoms with Crippen LogP contribution in [-0.2, 0) is 9.63 Å². The zero-order chi connectivity index (χ0) is 15.3. The molecular formula is C13H26N4O2. The molecule has 2 atom stereocenters. The summed E-state index contributed by atoms with van der Waals surface area (Å²) in [4.78, 5) is 19.5. The molecule has 2 unspecified atom stereocenters. The fourth-order valence-electron chi connectivity index (χ4n) is 1.82. The van der Waals surface area contributed by atoms with Crippen molar-refractivity contribution in [1.82, 2.24) is 5.32 Å². The SMILES string of the molecule is CC(NC(=O)C(CC(C)(C)C)C(C)(C)C)ON=[N+]=[N-]. The maximum Gasteiger partial charge on any atom is 0.226 e. The van der Waals surface area contributed by atoms with Gasteiger partial charge in [0, 0.05) is 10.8 Å². The molecule has 0 radical (unpaired) electrons. The van der Waals surface area contributed by atoms with Gasteiger partial charge in [0.25, 0.3) is 0 Å². The fraction of sp³-hybridized carbons (Fsp3) is 0.923. The summed E-state index contributed by atoms with van der Waals surface area (Å²) in [5, 5.41) is 5.70. The van der Waals surface area contributed by atoms with Gasteiger partial charge >= 0.3 is 0 Å². The van der Waals surface area contributed by atoms with E-state index < -0.39 is 6.23 Å². The molecule has 0 rings (SSSR count). The Morgan fingerprint density at radius 2 is 1.84 bits per heavy atom. The minimum atomic E-state index is -0.631. The molecule has 1 N–H and O–H groups in total. The summed E-state index contributed by atoms with van der Waals surface area (Å²) in [6.07, 6.45) is 0.143. The second kappa shape index (κ2) is 6.66. The van der Waals surface area contributed by atoms with Gasteiger partial charge in [-0.05, 0) is 29.7 Å². The molecule has 0 bridgehead atoms. The topological polar surface area (TPSA) is 87.1 Å². The van der Waals surface area contributed by atoms with Crippen molar-refractivity contribution in [2.75, 3.05) is 0 Å². The molecule has 0 spiro atoms. The number of carbonyl (C=O) groups excluding carboxylic acids is 1. The van der Waals surface area contributed by atoms with Crippen LogP contribution in [-0.4, -0.2) is 12.1 Å². The third-order valence-electron chi connectivity index (χ3n) is 2.77. The predicted octanol–water partition coefficient (Wildman–Crippen LogP) is 3.79. The molecule has 1 amide bonds. The average Bonchev–Trinajstić information content (AvgIpc) is 2.20. The van der Waals surface area contributed by atoms with Gasteiger partial charge in [0.05, 0.1) is 0 Å². The van der Waals surface area contributed by atoms with E-state index in [-0.39, 0.29) is 22.7 Å². The van der Waals surface area contributed by atoms with Gasteiger partial charge in [0.1, 0.15) is 5.28 Å². The Hall–Kier alpha value is -1.42. The smallest absolute Gasteiger partial charge is 0.226 e. The van der Waals surface area contributed by atoms with Crippen LogP contribution in [0.4, 0.5) is 0 Å². The molecule has 0 fully saturated rings. The summed E-state index contributed by atoms with van der Waals surface area (Å²) >= 11 is 0. The molecule has 0 aliphatic heterocycles. The van der Waals surface area contributed by atoms with Crippen molar-refractivity contribution in [2.45, 2.75) is 61.1 Å². The molecule has 0 aromatic heterocycles. The highest BCUT2D eigenvalue weighted by atomic mass is 16.7. The number of nitrogens with zero attached hydrogens (tertiary/aromatic N) is 3. The number of azide groups is 1. The second-order valence-electron chi connectivity index (χ2n) is 7.11. The third-order valence-corrected chi connectivity index (χ3v) is 2.77. The largest absolute Gasteiger partial charge is 0.409 e. The molecular weight excluding hydrogens is 244 g/mol. The number of carbonyl (C=O) groups is 1. The summed E-state index contributed by atoms with van der Waals surface area (Å²) in [6.45, 7) is 14.1. The van der Waals surface area contributed by atoms with Crippen LogP contribution >= 0.6 is 0 Å². The Morgan fingerprint density at radius 1 is 1.32 bits per heavy atom. The van der Waals surface area contributed by atoms with Gasteiger partial charge in [-0.1, -0.05) is 41.5 Å². The highest BCUT2D eigenvalue weighted by Gasteiger charge is 2.35. The summed E-state index contributed by atoms with van der Waals surface area (Å²) in [5.41, 5.74) is 8.08. The summed E-state index contributed by atoms with van der Waals surface area (Å²) < 4.78 is 0. The second-order valence-corrected chi connectivity index (χ2v) is 7.11. The van der Waals surface area contributed by atoms with Gasteiger partial charge in [0.2, 0.25) is 5.91 Å². The molecule has 0 saturated carbocycles. The van der Waals surface area contributed by atoms with E-state index in [9.17, 15) is 4.79 Å². The van der Waals surface area contributed by atoms with Gasteiger partial charge in [-0.25, -0.2) is 0 Å². The lowest BCUT2D eigenvalue weighted by Gasteiger charge is -2.35. The van der Waals surface area contributed by atoms with Crippen molar-refractivity contribution >= 4 is 5.91 Å². The van der Waals surface area contributed by atoms with Gasteiger partial charge < -0.3 is 10.2 Å². The molecule has 0 aliphatic rings. The summed E-state index contributed by atoms with van der Waals surface area (Å²) in [5.74, 6) is -0.215. The monoisotopic (exact) mass is 270 g/mol. The van der Waals surface area contributed by atoms with Crippen LogP contribution in [0.5, 0.6) is 0 Å². The molecule has 0 aromatic carbocycles. The van der Waals surface area contributed by atoms with E-state index in [0.717, 1.165) is 6.42 Å². The van der Waals surface area contributed by atoms with Crippen LogP contribution in [0.3, 0.4) is 0 Å². The maximum atomic E-state index is 12.3. The van der Waals surface area contributed by atoms with E-state index >= 15 is 0 Å². The highest BCUT2D eigenvalue weighted by Crippen LogP contribution is 2.36. The first-order chi connectivity index (χ1) is 8.47. The molecule has 6 nitrogen and oxygen atoms in total. The molecule has 6 heteroatoms. The van der Waals surface area contributed by atoms with E-state index in [1.807, 2.05) is 20.8 Å².